The van der Waals surface area contributed by atoms with Gasteiger partial charge in [-0.2, -0.15) is 0 Å². The van der Waals surface area contributed by atoms with E-state index >= 15 is 0 Å². The van der Waals surface area contributed by atoms with Crippen molar-refractivity contribution in [2.45, 2.75) is 0 Å². The Morgan fingerprint density at radius 1 is 1.07 bits per heavy atom. The van der Waals surface area contributed by atoms with Crippen molar-refractivity contribution in [2.24, 2.45) is 0 Å². The minimum Gasteiger partial charge on any atom is -0.476 e. The van der Waals surface area contributed by atoms with E-state index in [1.54, 1.807) is 24.3 Å². The van der Waals surface area contributed by atoms with E-state index in [0.29, 0.717) is 5.75 Å². The number of halogens is 3. The molecule has 0 aliphatic carbocycles. The number of nitrogens with two attached hydrogens (primary N) is 1. The van der Waals surface area contributed by atoms with Crippen LogP contribution < -0.4 is 10.5 Å². The smallest absolute Gasteiger partial charge is 0.356 e. The van der Waals surface area contributed by atoms with Crippen LogP contribution in [0.1, 0.15) is 10.5 Å². The molecule has 0 aliphatic heterocycles. The highest BCUT2D eigenvalue weighted by Gasteiger charge is 2.18. The fourth-order valence-corrected chi connectivity index (χ4v) is 2.52. The number of carbonyl (C=O) groups is 1. The maximum absolute atomic E-state index is 10.7. The molecule has 0 radical (unpaired) electrons. The zero-order valence-electron chi connectivity index (χ0n) is 14.4. The van der Waals surface area contributed by atoms with Crippen molar-refractivity contribution in [3.05, 3.63) is 85.6 Å². The minimum atomic E-state index is -1.18. The molecule has 3 rings (SSSR count). The molecule has 3 N–H and O–H groups in total. The predicted octanol–water partition coefficient (Wildman–Crippen LogP) is 5.71. The largest absolute Gasteiger partial charge is 0.476 e. The molecule has 0 unspecified atom stereocenters. The molecule has 0 amide bonds. The molecule has 2 aromatic carbocycles. The Bertz CT molecular complexity index is 1050. The number of carboxylic acids is 1. The molecule has 3 aromatic rings. The topological polar surface area (TPSA) is 129 Å². The zero-order valence-corrected chi connectivity index (χ0v) is 16.6. The average molecular weight is 457 g/mol. The summed E-state index contributed by atoms with van der Waals surface area (Å²) in [6, 6.07) is 14.4. The second kappa shape index (κ2) is 9.92. The third-order valence-electron chi connectivity index (χ3n) is 3.30. The van der Waals surface area contributed by atoms with E-state index in [1.165, 1.54) is 24.3 Å². The number of carboxylic acid groups (broad SMARTS) is 1. The number of anilines is 1. The summed E-state index contributed by atoms with van der Waals surface area (Å²) in [7, 11) is 0. The van der Waals surface area contributed by atoms with Crippen LogP contribution in [0.5, 0.6) is 11.5 Å². The number of benzene rings is 2. The van der Waals surface area contributed by atoms with Gasteiger partial charge in [-0.3, -0.25) is 10.1 Å². The number of hydrogen-bond donors (Lipinski definition) is 2. The third kappa shape index (κ3) is 5.95. The van der Waals surface area contributed by atoms with Gasteiger partial charge in [-0.25, -0.2) is 9.78 Å². The molecular weight excluding hydrogens is 445 g/mol. The van der Waals surface area contributed by atoms with Gasteiger partial charge in [0, 0.05) is 6.07 Å². The van der Waals surface area contributed by atoms with Crippen molar-refractivity contribution in [2.75, 3.05) is 5.73 Å². The number of pyridine rings is 1. The van der Waals surface area contributed by atoms with Crippen LogP contribution in [0.4, 0.5) is 11.4 Å². The molecule has 29 heavy (non-hydrogen) atoms. The molecule has 1 heterocycles. The van der Waals surface area contributed by atoms with E-state index in [4.69, 9.17) is 50.4 Å². The van der Waals surface area contributed by atoms with E-state index in [-0.39, 0.29) is 38.0 Å². The lowest BCUT2D eigenvalue weighted by Gasteiger charge is -2.08. The first kappa shape index (κ1) is 22.2. The van der Waals surface area contributed by atoms with E-state index in [9.17, 15) is 14.9 Å². The van der Waals surface area contributed by atoms with E-state index in [1.807, 2.05) is 6.07 Å². The summed E-state index contributed by atoms with van der Waals surface area (Å²) in [5.74, 6) is -0.323. The van der Waals surface area contributed by atoms with Gasteiger partial charge in [0.25, 0.3) is 5.69 Å². The summed E-state index contributed by atoms with van der Waals surface area (Å²) in [5.41, 5.74) is 5.02. The van der Waals surface area contributed by atoms with Crippen molar-refractivity contribution in [1.29, 1.82) is 0 Å². The number of ether oxygens (including phenoxy) is 1. The first-order chi connectivity index (χ1) is 13.7. The van der Waals surface area contributed by atoms with Crippen LogP contribution in [0.15, 0.2) is 54.6 Å². The first-order valence-corrected chi connectivity index (χ1v) is 8.84. The Balaban J connectivity index is 0.000000234. The normalized spacial score (nSPS) is 9.90. The molecule has 0 atom stereocenters. The Morgan fingerprint density at radius 2 is 1.72 bits per heavy atom. The number of nitro groups is 1. The lowest BCUT2D eigenvalue weighted by atomic mass is 10.2. The number of aromatic nitrogens is 1. The average Bonchev–Trinajstić information content (AvgIpc) is 2.68. The third-order valence-corrected chi connectivity index (χ3v) is 4.21. The summed E-state index contributed by atoms with van der Waals surface area (Å²) < 4.78 is 5.49. The van der Waals surface area contributed by atoms with Gasteiger partial charge in [0.2, 0.25) is 0 Å². The van der Waals surface area contributed by atoms with Crippen LogP contribution in [-0.4, -0.2) is 21.0 Å². The Labute approximate surface area is 179 Å². The number of nitrogen functional groups attached to an aromatic ring is 1. The second-order valence-corrected chi connectivity index (χ2v) is 6.42. The lowest BCUT2D eigenvalue weighted by molar-refractivity contribution is -0.383. The van der Waals surface area contributed by atoms with Gasteiger partial charge in [0.15, 0.2) is 5.69 Å². The summed E-state index contributed by atoms with van der Waals surface area (Å²) in [6.07, 6.45) is 0. The van der Waals surface area contributed by atoms with Gasteiger partial charge in [-0.05, 0) is 30.3 Å². The molecule has 0 saturated heterocycles. The first-order valence-electron chi connectivity index (χ1n) is 7.71. The quantitative estimate of drug-likeness (QED) is 0.223. The maximum atomic E-state index is 10.7. The molecule has 11 heteroatoms. The molecule has 0 spiro atoms. The van der Waals surface area contributed by atoms with Crippen molar-refractivity contribution in [1.82, 2.24) is 4.98 Å². The molecule has 0 fully saturated rings. The highest BCUT2D eigenvalue weighted by Crippen LogP contribution is 2.38. The van der Waals surface area contributed by atoms with Crippen molar-refractivity contribution in [3.63, 3.8) is 0 Å². The molecule has 1 aromatic heterocycles. The second-order valence-electron chi connectivity index (χ2n) is 5.25. The SMILES string of the molecule is Nc1c([N+](=O)[O-])ccc(Oc2ccccc2)c1Cl.O=C(O)c1nc(Cl)ccc1Cl. The number of nitrogens with zero attached hydrogens (tertiary/aromatic N) is 2. The van der Waals surface area contributed by atoms with Crippen LogP contribution in [0.2, 0.25) is 15.2 Å². The lowest BCUT2D eigenvalue weighted by Crippen LogP contribution is -2.00. The Hall–Kier alpha value is -3.07. The number of para-hydroxylation sites is 1. The summed E-state index contributed by atoms with van der Waals surface area (Å²) in [5, 5.41) is 19.4. The van der Waals surface area contributed by atoms with Gasteiger partial charge >= 0.3 is 5.97 Å². The molecular formula is C18H12Cl3N3O5. The van der Waals surface area contributed by atoms with E-state index < -0.39 is 10.9 Å². The number of hydrogen-bond acceptors (Lipinski definition) is 6. The molecule has 0 saturated carbocycles. The van der Waals surface area contributed by atoms with Crippen LogP contribution in [0, 0.1) is 10.1 Å². The van der Waals surface area contributed by atoms with Gasteiger partial charge in [0.05, 0.1) is 9.95 Å². The van der Waals surface area contributed by atoms with Crippen LogP contribution >= 0.6 is 34.8 Å². The Kier molecular flexibility index (Phi) is 7.60. The number of aromatic carboxylic acids is 1. The highest BCUT2D eigenvalue weighted by atomic mass is 35.5. The number of rotatable bonds is 4. The highest BCUT2D eigenvalue weighted by molar-refractivity contribution is 6.35. The fourth-order valence-electron chi connectivity index (χ4n) is 1.98. The maximum Gasteiger partial charge on any atom is 0.356 e. The summed E-state index contributed by atoms with van der Waals surface area (Å²) in [4.78, 5) is 24.0. The minimum absolute atomic E-state index is 0.0352. The van der Waals surface area contributed by atoms with Crippen molar-refractivity contribution < 1.29 is 19.6 Å². The summed E-state index contributed by atoms with van der Waals surface area (Å²) in [6.45, 7) is 0. The Morgan fingerprint density at radius 3 is 2.28 bits per heavy atom. The molecule has 0 aliphatic rings. The van der Waals surface area contributed by atoms with Crippen LogP contribution in [0.3, 0.4) is 0 Å². The molecule has 0 bridgehead atoms. The van der Waals surface area contributed by atoms with Crippen LogP contribution in [0.25, 0.3) is 0 Å². The van der Waals surface area contributed by atoms with E-state index in [0.717, 1.165) is 0 Å². The van der Waals surface area contributed by atoms with Crippen LogP contribution in [-0.2, 0) is 0 Å². The zero-order chi connectivity index (χ0) is 21.6. The van der Waals surface area contributed by atoms with Gasteiger partial charge in [-0.15, -0.1) is 0 Å². The standard InChI is InChI=1S/C12H9ClN2O3.C6H3Cl2NO2/c13-11-10(18-8-4-2-1-3-5-8)7-6-9(12(11)14)15(16)17;7-3-1-2-4(8)9-5(3)6(10)11/h1-7H,14H2;1-2H,(H,10,11). The monoisotopic (exact) mass is 455 g/mol. The fraction of sp³-hybridized carbons (Fsp3) is 0. The predicted molar refractivity (Wildman–Crippen MR) is 110 cm³/mol. The summed E-state index contributed by atoms with van der Waals surface area (Å²) >= 11 is 16.9. The van der Waals surface area contributed by atoms with Crippen molar-refractivity contribution >= 4 is 52.1 Å². The van der Waals surface area contributed by atoms with Crippen molar-refractivity contribution in [3.8, 4) is 11.5 Å². The van der Waals surface area contributed by atoms with Gasteiger partial charge in [0.1, 0.15) is 27.4 Å². The molecule has 8 nitrogen and oxygen atoms in total. The van der Waals surface area contributed by atoms with E-state index in [2.05, 4.69) is 4.98 Å². The number of nitro benzene ring substituents is 1. The van der Waals surface area contributed by atoms with Gasteiger partial charge in [-0.1, -0.05) is 53.0 Å². The van der Waals surface area contributed by atoms with Gasteiger partial charge < -0.3 is 15.6 Å². The molecule has 150 valence electrons.